The van der Waals surface area contributed by atoms with Crippen molar-refractivity contribution in [2.45, 2.75) is 32.4 Å². The first-order valence-corrected chi connectivity index (χ1v) is 6.68. The van der Waals surface area contributed by atoms with E-state index in [4.69, 9.17) is 9.26 Å². The van der Waals surface area contributed by atoms with Crippen LogP contribution in [0.1, 0.15) is 36.0 Å². The molecular weight excluding hydrogens is 262 g/mol. The summed E-state index contributed by atoms with van der Waals surface area (Å²) in [6, 6.07) is 1.82. The number of ether oxygens (including phenoxy) is 1. The lowest BCUT2D eigenvalue weighted by Gasteiger charge is -2.20. The van der Waals surface area contributed by atoms with Gasteiger partial charge in [0.25, 0.3) is 5.91 Å². The highest BCUT2D eigenvalue weighted by atomic mass is 16.5. The van der Waals surface area contributed by atoms with E-state index in [1.54, 1.807) is 11.0 Å². The Bertz CT molecular complexity index is 482. The van der Waals surface area contributed by atoms with E-state index >= 15 is 0 Å². The van der Waals surface area contributed by atoms with Crippen molar-refractivity contribution in [3.8, 4) is 0 Å². The summed E-state index contributed by atoms with van der Waals surface area (Å²) in [6.07, 6.45) is 1.99. The van der Waals surface area contributed by atoms with Crippen LogP contribution in [0.25, 0.3) is 0 Å². The summed E-state index contributed by atoms with van der Waals surface area (Å²) in [4.78, 5) is 25.2. The zero-order valence-electron chi connectivity index (χ0n) is 11.7. The van der Waals surface area contributed by atoms with Gasteiger partial charge in [0.2, 0.25) is 5.91 Å². The van der Waals surface area contributed by atoms with Gasteiger partial charge in [-0.25, -0.2) is 0 Å². The fourth-order valence-electron chi connectivity index (χ4n) is 1.93. The Balaban J connectivity index is 2.00. The third kappa shape index (κ3) is 3.57. The number of rotatable bonds is 7. The minimum Gasteiger partial charge on any atom is -0.375 e. The van der Waals surface area contributed by atoms with E-state index < -0.39 is 0 Å². The van der Waals surface area contributed by atoms with E-state index in [0.29, 0.717) is 18.8 Å². The van der Waals surface area contributed by atoms with Crippen LogP contribution in [0.4, 0.5) is 0 Å². The van der Waals surface area contributed by atoms with Gasteiger partial charge in [-0.2, -0.15) is 0 Å². The summed E-state index contributed by atoms with van der Waals surface area (Å²) in [6.45, 7) is 2.73. The molecule has 0 atom stereocenters. The number of carbonyl (C=O) groups is 2. The molecule has 1 aromatic rings. The molecule has 2 amide bonds. The molecule has 0 bridgehead atoms. The molecule has 1 heterocycles. The number of amides is 2. The summed E-state index contributed by atoms with van der Waals surface area (Å²) >= 11 is 0. The smallest absolute Gasteiger partial charge is 0.273 e. The van der Waals surface area contributed by atoms with Crippen molar-refractivity contribution in [1.29, 1.82) is 0 Å². The highest BCUT2D eigenvalue weighted by Gasteiger charge is 2.33. The molecule has 1 aliphatic carbocycles. The molecule has 20 heavy (non-hydrogen) atoms. The van der Waals surface area contributed by atoms with Gasteiger partial charge in [-0.15, -0.1) is 0 Å². The molecule has 1 saturated carbocycles. The minimum atomic E-state index is -0.274. The predicted octanol–water partition coefficient (Wildman–Crippen LogP) is 0.562. The predicted molar refractivity (Wildman–Crippen MR) is 70.0 cm³/mol. The van der Waals surface area contributed by atoms with Crippen LogP contribution < -0.4 is 5.32 Å². The molecule has 7 heteroatoms. The normalized spacial score (nSPS) is 14.1. The number of hydrogen-bond acceptors (Lipinski definition) is 5. The van der Waals surface area contributed by atoms with Gasteiger partial charge in [-0.3, -0.25) is 9.59 Å². The standard InChI is InChI=1S/C13H19N3O4/c1-3-14-13(18)11-6-10(20-15-11)7-16(9-4-5-9)12(17)8-19-2/h6,9H,3-5,7-8H2,1-2H3,(H,14,18). The Labute approximate surface area is 117 Å². The second kappa shape index (κ2) is 6.51. The second-order valence-electron chi connectivity index (χ2n) is 4.72. The third-order valence-electron chi connectivity index (χ3n) is 3.03. The Morgan fingerprint density at radius 1 is 1.55 bits per heavy atom. The maximum Gasteiger partial charge on any atom is 0.273 e. The van der Waals surface area contributed by atoms with E-state index in [2.05, 4.69) is 10.5 Å². The van der Waals surface area contributed by atoms with Gasteiger partial charge in [-0.1, -0.05) is 5.16 Å². The fraction of sp³-hybridized carbons (Fsp3) is 0.615. The van der Waals surface area contributed by atoms with Crippen LogP contribution in [0.15, 0.2) is 10.6 Å². The monoisotopic (exact) mass is 281 g/mol. The molecule has 0 aromatic carbocycles. The molecule has 110 valence electrons. The highest BCUT2D eigenvalue weighted by Crippen LogP contribution is 2.28. The van der Waals surface area contributed by atoms with Crippen molar-refractivity contribution in [1.82, 2.24) is 15.4 Å². The van der Waals surface area contributed by atoms with Crippen LogP contribution in [0.3, 0.4) is 0 Å². The van der Waals surface area contributed by atoms with E-state index in [1.165, 1.54) is 7.11 Å². The molecule has 1 aromatic heterocycles. The van der Waals surface area contributed by atoms with Crippen LogP contribution >= 0.6 is 0 Å². The minimum absolute atomic E-state index is 0.0494. The van der Waals surface area contributed by atoms with Gasteiger partial charge in [0, 0.05) is 25.8 Å². The van der Waals surface area contributed by atoms with Crippen molar-refractivity contribution in [2.24, 2.45) is 0 Å². The number of hydrogen-bond donors (Lipinski definition) is 1. The summed E-state index contributed by atoms with van der Waals surface area (Å²) in [7, 11) is 1.49. The largest absolute Gasteiger partial charge is 0.375 e. The quantitative estimate of drug-likeness (QED) is 0.789. The number of methoxy groups -OCH3 is 1. The Hall–Kier alpha value is -1.89. The van der Waals surface area contributed by atoms with Crippen LogP contribution in [-0.4, -0.2) is 48.2 Å². The molecule has 1 N–H and O–H groups in total. The highest BCUT2D eigenvalue weighted by molar-refractivity contribution is 5.92. The summed E-state index contributed by atoms with van der Waals surface area (Å²) in [5, 5.41) is 6.36. The third-order valence-corrected chi connectivity index (χ3v) is 3.03. The number of aromatic nitrogens is 1. The molecule has 0 unspecified atom stereocenters. The van der Waals surface area contributed by atoms with Gasteiger partial charge in [-0.05, 0) is 19.8 Å². The molecule has 0 saturated heterocycles. The molecule has 0 spiro atoms. The summed E-state index contributed by atoms with van der Waals surface area (Å²) in [5.74, 6) is 0.150. The molecule has 0 radical (unpaired) electrons. The Morgan fingerprint density at radius 2 is 2.30 bits per heavy atom. The first-order valence-electron chi connectivity index (χ1n) is 6.68. The molecule has 7 nitrogen and oxygen atoms in total. The van der Waals surface area contributed by atoms with Crippen molar-refractivity contribution in [3.63, 3.8) is 0 Å². The lowest BCUT2D eigenvalue weighted by Crippen LogP contribution is -2.35. The lowest BCUT2D eigenvalue weighted by molar-refractivity contribution is -0.136. The van der Waals surface area contributed by atoms with Crippen molar-refractivity contribution >= 4 is 11.8 Å². The second-order valence-corrected chi connectivity index (χ2v) is 4.72. The van der Waals surface area contributed by atoms with Crippen LogP contribution in [-0.2, 0) is 16.1 Å². The maximum atomic E-state index is 11.9. The Morgan fingerprint density at radius 3 is 2.90 bits per heavy atom. The number of carbonyl (C=O) groups excluding carboxylic acids is 2. The van der Waals surface area contributed by atoms with E-state index in [1.807, 2.05) is 6.92 Å². The first-order chi connectivity index (χ1) is 9.65. The van der Waals surface area contributed by atoms with Crippen LogP contribution in [0, 0.1) is 0 Å². The SMILES string of the molecule is CCNC(=O)c1cc(CN(C(=O)COC)C2CC2)on1. The molecule has 1 aliphatic rings. The van der Waals surface area contributed by atoms with Crippen molar-refractivity contribution in [2.75, 3.05) is 20.3 Å². The average Bonchev–Trinajstić information content (AvgIpc) is 3.15. The lowest BCUT2D eigenvalue weighted by atomic mass is 10.3. The zero-order chi connectivity index (χ0) is 14.5. The zero-order valence-corrected chi connectivity index (χ0v) is 11.7. The van der Waals surface area contributed by atoms with E-state index in [0.717, 1.165) is 12.8 Å². The molecular formula is C13H19N3O4. The van der Waals surface area contributed by atoms with Crippen molar-refractivity contribution in [3.05, 3.63) is 17.5 Å². The first kappa shape index (κ1) is 14.5. The van der Waals surface area contributed by atoms with E-state index in [-0.39, 0.29) is 30.2 Å². The van der Waals surface area contributed by atoms with Gasteiger partial charge < -0.3 is 19.5 Å². The van der Waals surface area contributed by atoms with E-state index in [9.17, 15) is 9.59 Å². The van der Waals surface area contributed by atoms with Crippen LogP contribution in [0.2, 0.25) is 0 Å². The Kier molecular flexibility index (Phi) is 4.73. The summed E-state index contributed by atoms with van der Waals surface area (Å²) < 4.78 is 10.00. The average molecular weight is 281 g/mol. The van der Waals surface area contributed by atoms with Gasteiger partial charge in [0.1, 0.15) is 6.61 Å². The van der Waals surface area contributed by atoms with Gasteiger partial charge in [0.15, 0.2) is 11.5 Å². The van der Waals surface area contributed by atoms with Crippen LogP contribution in [0.5, 0.6) is 0 Å². The van der Waals surface area contributed by atoms with Gasteiger partial charge in [0.05, 0.1) is 6.54 Å². The maximum absolute atomic E-state index is 11.9. The topological polar surface area (TPSA) is 84.7 Å². The molecule has 1 fully saturated rings. The fourth-order valence-corrected chi connectivity index (χ4v) is 1.93. The number of nitrogens with zero attached hydrogens (tertiary/aromatic N) is 2. The number of nitrogens with one attached hydrogen (secondary N) is 1. The van der Waals surface area contributed by atoms with Crippen molar-refractivity contribution < 1.29 is 18.8 Å². The molecule has 0 aliphatic heterocycles. The molecule has 2 rings (SSSR count). The van der Waals surface area contributed by atoms with Gasteiger partial charge >= 0.3 is 0 Å². The summed E-state index contributed by atoms with van der Waals surface area (Å²) in [5.41, 5.74) is 0.233.